The normalized spacial score (nSPS) is 23.2. The highest BCUT2D eigenvalue weighted by molar-refractivity contribution is 6.12. The molecule has 0 bridgehead atoms. The van der Waals surface area contributed by atoms with Crippen LogP contribution in [-0.2, 0) is 19.1 Å². The number of allylic oxidation sites excluding steroid dienone is 2. The molecule has 9 heteroatoms. The quantitative estimate of drug-likeness (QED) is 0.338. The number of esters is 1. The Labute approximate surface area is 177 Å². The Hall–Kier alpha value is -3.75. The first kappa shape index (κ1) is 20.5. The highest BCUT2D eigenvalue weighted by atomic mass is 16.6. The number of non-ortho nitro benzene ring substituents is 1. The van der Waals surface area contributed by atoms with Crippen molar-refractivity contribution in [2.75, 3.05) is 6.61 Å². The van der Waals surface area contributed by atoms with Gasteiger partial charge in [-0.2, -0.15) is 0 Å². The van der Waals surface area contributed by atoms with Gasteiger partial charge >= 0.3 is 5.97 Å². The number of carbonyl (C=O) groups excluding carboxylic acids is 3. The third-order valence-corrected chi connectivity index (χ3v) is 5.66. The lowest BCUT2D eigenvalue weighted by Gasteiger charge is -2.37. The highest BCUT2D eigenvalue weighted by Gasteiger charge is 2.48. The minimum atomic E-state index is -1.12. The maximum Gasteiger partial charge on any atom is 0.317 e. The Morgan fingerprint density at radius 3 is 2.74 bits per heavy atom. The fraction of sp³-hybridized carbons (Fsp3) is 0.318. The maximum atomic E-state index is 13.6. The van der Waals surface area contributed by atoms with Crippen LogP contribution in [0, 0.1) is 16.0 Å². The van der Waals surface area contributed by atoms with Gasteiger partial charge in [-0.15, -0.1) is 0 Å². The zero-order valence-electron chi connectivity index (χ0n) is 16.7. The molecule has 0 saturated heterocycles. The number of ketones is 1. The van der Waals surface area contributed by atoms with Crippen LogP contribution in [0.3, 0.4) is 0 Å². The van der Waals surface area contributed by atoms with E-state index in [-0.39, 0.29) is 31.0 Å². The first-order chi connectivity index (χ1) is 14.9. The van der Waals surface area contributed by atoms with Crippen LogP contribution in [0.4, 0.5) is 5.69 Å². The van der Waals surface area contributed by atoms with Gasteiger partial charge in [0.2, 0.25) is 5.91 Å². The molecule has 1 aliphatic carbocycles. The monoisotopic (exact) mass is 424 g/mol. The molecule has 160 valence electrons. The maximum absolute atomic E-state index is 13.6. The van der Waals surface area contributed by atoms with E-state index in [0.717, 1.165) is 0 Å². The molecule has 0 spiro atoms. The number of benzene rings is 1. The Balaban J connectivity index is 1.82. The van der Waals surface area contributed by atoms with E-state index in [4.69, 9.17) is 9.15 Å². The minimum Gasteiger partial charge on any atom is -0.469 e. The Kier molecular flexibility index (Phi) is 5.41. The molecule has 9 nitrogen and oxygen atoms in total. The molecule has 0 radical (unpaired) electrons. The van der Waals surface area contributed by atoms with Crippen LogP contribution in [0.5, 0.6) is 0 Å². The molecular weight excluding hydrogens is 404 g/mol. The summed E-state index contributed by atoms with van der Waals surface area (Å²) in [6.07, 6.45) is 1.61. The molecule has 2 aromatic rings. The number of furan rings is 1. The van der Waals surface area contributed by atoms with Crippen LogP contribution in [-0.4, -0.2) is 29.2 Å². The number of nitro benzene ring substituents is 1. The standard InChI is InChI=1S/C22H20N2O7/c1-2-30-22(27)20-15(17-7-4-8-31-17)10-16-19(21(20)26)14(11-18(25)23-16)12-5-3-6-13(9-12)24(28)29/h3-9,14-15,20H,2,10-11H2,1H3,(H,23,25)/t14-,15-,20+/m0/s1. The van der Waals surface area contributed by atoms with Gasteiger partial charge in [-0.3, -0.25) is 24.5 Å². The zero-order valence-corrected chi connectivity index (χ0v) is 16.7. The second kappa shape index (κ2) is 8.17. The van der Waals surface area contributed by atoms with Gasteiger partial charge < -0.3 is 14.5 Å². The fourth-order valence-corrected chi connectivity index (χ4v) is 4.36. The Bertz CT molecular complexity index is 1090. The van der Waals surface area contributed by atoms with Crippen molar-refractivity contribution in [3.8, 4) is 0 Å². The summed E-state index contributed by atoms with van der Waals surface area (Å²) in [6.45, 7) is 1.77. The third-order valence-electron chi connectivity index (χ3n) is 5.66. The molecule has 31 heavy (non-hydrogen) atoms. The minimum absolute atomic E-state index is 0.0489. The number of ether oxygens (including phenoxy) is 1. The van der Waals surface area contributed by atoms with Crippen molar-refractivity contribution < 1.29 is 28.5 Å². The van der Waals surface area contributed by atoms with E-state index in [0.29, 0.717) is 22.6 Å². The summed E-state index contributed by atoms with van der Waals surface area (Å²) in [4.78, 5) is 49.5. The van der Waals surface area contributed by atoms with E-state index < -0.39 is 34.4 Å². The first-order valence-corrected chi connectivity index (χ1v) is 9.92. The van der Waals surface area contributed by atoms with Gasteiger partial charge in [0, 0.05) is 41.7 Å². The fourth-order valence-electron chi connectivity index (χ4n) is 4.36. The van der Waals surface area contributed by atoms with Gasteiger partial charge in [0.25, 0.3) is 5.69 Å². The van der Waals surface area contributed by atoms with Crippen LogP contribution in [0.15, 0.2) is 58.3 Å². The number of nitrogens with one attached hydrogen (secondary N) is 1. The first-order valence-electron chi connectivity index (χ1n) is 9.92. The molecule has 2 heterocycles. The third kappa shape index (κ3) is 3.74. The van der Waals surface area contributed by atoms with Crippen molar-refractivity contribution >= 4 is 23.3 Å². The predicted molar refractivity (Wildman–Crippen MR) is 107 cm³/mol. The Morgan fingerprint density at radius 1 is 1.26 bits per heavy atom. The van der Waals surface area contributed by atoms with Crippen molar-refractivity contribution in [3.05, 3.63) is 75.4 Å². The number of nitrogens with zero attached hydrogens (tertiary/aromatic N) is 1. The summed E-state index contributed by atoms with van der Waals surface area (Å²) in [5.74, 6) is -3.40. The van der Waals surface area contributed by atoms with Gasteiger partial charge in [-0.05, 0) is 31.0 Å². The number of hydrogen-bond acceptors (Lipinski definition) is 7. The molecule has 1 amide bonds. The number of hydrogen-bond donors (Lipinski definition) is 1. The van der Waals surface area contributed by atoms with Gasteiger partial charge in [0.1, 0.15) is 11.7 Å². The number of Topliss-reactive ketones (excluding diaryl/α,β-unsaturated/α-hetero) is 1. The molecule has 4 rings (SSSR count). The van der Waals surface area contributed by atoms with Crippen LogP contribution in [0.25, 0.3) is 0 Å². The summed E-state index contributed by atoms with van der Waals surface area (Å²) in [7, 11) is 0. The number of amides is 1. The highest BCUT2D eigenvalue weighted by Crippen LogP contribution is 2.46. The van der Waals surface area contributed by atoms with Crippen LogP contribution in [0.2, 0.25) is 0 Å². The van der Waals surface area contributed by atoms with Crippen molar-refractivity contribution in [2.24, 2.45) is 5.92 Å². The predicted octanol–water partition coefficient (Wildman–Crippen LogP) is 2.98. The number of rotatable bonds is 5. The van der Waals surface area contributed by atoms with Crippen LogP contribution >= 0.6 is 0 Å². The molecule has 1 aliphatic heterocycles. The van der Waals surface area contributed by atoms with Crippen molar-refractivity contribution in [3.63, 3.8) is 0 Å². The molecule has 0 unspecified atom stereocenters. The molecule has 2 aliphatic rings. The molecule has 1 aromatic carbocycles. The molecule has 1 N–H and O–H groups in total. The molecular formula is C22H20N2O7. The molecule has 3 atom stereocenters. The van der Waals surface area contributed by atoms with Gasteiger partial charge in [-0.25, -0.2) is 0 Å². The van der Waals surface area contributed by atoms with Crippen molar-refractivity contribution in [2.45, 2.75) is 31.6 Å². The van der Waals surface area contributed by atoms with E-state index in [9.17, 15) is 24.5 Å². The SMILES string of the molecule is CCOC(=O)[C@H]1C(=O)C2=C(C[C@H]1c1ccco1)NC(=O)C[C@H]2c1cccc([N+](=O)[O-])c1. The van der Waals surface area contributed by atoms with Gasteiger partial charge in [-0.1, -0.05) is 12.1 Å². The second-order valence-electron chi connectivity index (χ2n) is 7.47. The zero-order chi connectivity index (χ0) is 22.1. The number of nitro groups is 1. The lowest BCUT2D eigenvalue weighted by molar-refractivity contribution is -0.384. The Morgan fingerprint density at radius 2 is 2.06 bits per heavy atom. The summed E-state index contributed by atoms with van der Waals surface area (Å²) in [5, 5.41) is 14.0. The second-order valence-corrected chi connectivity index (χ2v) is 7.47. The average molecular weight is 424 g/mol. The average Bonchev–Trinajstić information content (AvgIpc) is 3.27. The van der Waals surface area contributed by atoms with E-state index in [1.807, 2.05) is 0 Å². The number of carbonyl (C=O) groups is 3. The summed E-state index contributed by atoms with van der Waals surface area (Å²) in [5.41, 5.74) is 1.05. The molecule has 0 fully saturated rings. The van der Waals surface area contributed by atoms with Crippen molar-refractivity contribution in [1.82, 2.24) is 5.32 Å². The van der Waals surface area contributed by atoms with Crippen LogP contribution < -0.4 is 5.32 Å². The van der Waals surface area contributed by atoms with Gasteiger partial charge in [0.05, 0.1) is 17.8 Å². The topological polar surface area (TPSA) is 129 Å². The van der Waals surface area contributed by atoms with Crippen LogP contribution in [0.1, 0.15) is 42.9 Å². The lowest BCUT2D eigenvalue weighted by Crippen LogP contribution is -2.44. The lowest BCUT2D eigenvalue weighted by atomic mass is 9.69. The van der Waals surface area contributed by atoms with E-state index in [1.54, 1.807) is 25.1 Å². The summed E-state index contributed by atoms with van der Waals surface area (Å²) >= 11 is 0. The summed E-state index contributed by atoms with van der Waals surface area (Å²) in [6, 6.07) is 9.21. The van der Waals surface area contributed by atoms with E-state index in [2.05, 4.69) is 5.32 Å². The van der Waals surface area contributed by atoms with E-state index >= 15 is 0 Å². The van der Waals surface area contributed by atoms with E-state index in [1.165, 1.54) is 24.5 Å². The van der Waals surface area contributed by atoms with Crippen molar-refractivity contribution in [1.29, 1.82) is 0 Å². The summed E-state index contributed by atoms with van der Waals surface area (Å²) < 4.78 is 10.6. The smallest absolute Gasteiger partial charge is 0.317 e. The molecule has 1 aromatic heterocycles. The van der Waals surface area contributed by atoms with Gasteiger partial charge in [0.15, 0.2) is 5.78 Å². The largest absolute Gasteiger partial charge is 0.469 e. The molecule has 0 saturated carbocycles.